The summed E-state index contributed by atoms with van der Waals surface area (Å²) in [4.78, 5) is 46.9. The van der Waals surface area contributed by atoms with Gasteiger partial charge in [-0.15, -0.1) is 0 Å². The van der Waals surface area contributed by atoms with Crippen LogP contribution in [0.15, 0.2) is 27.8 Å². The molecule has 16 heteroatoms. The van der Waals surface area contributed by atoms with Crippen molar-refractivity contribution in [2.24, 2.45) is 13.0 Å². The van der Waals surface area contributed by atoms with Gasteiger partial charge in [0, 0.05) is 25.6 Å². The van der Waals surface area contributed by atoms with Crippen LogP contribution in [0.4, 0.5) is 40.8 Å². The Balaban J connectivity index is 2.51. The van der Waals surface area contributed by atoms with Crippen molar-refractivity contribution in [3.63, 3.8) is 0 Å². The molecule has 0 aliphatic carbocycles. The first kappa shape index (κ1) is 26.5. The number of nitrogens with zero attached hydrogens (tertiary/aromatic N) is 2. The second kappa shape index (κ2) is 9.26. The highest BCUT2D eigenvalue weighted by Gasteiger charge is 2.42. The number of carbonyl (C=O) groups is 2. The summed E-state index contributed by atoms with van der Waals surface area (Å²) in [5, 5.41) is 10.2. The highest BCUT2D eigenvalue weighted by molar-refractivity contribution is 5.91. The van der Waals surface area contributed by atoms with E-state index < -0.39 is 82.9 Å². The number of aliphatic carboxylic acids is 1. The number of benzene rings is 1. The average Bonchev–Trinajstić information content (AvgIpc) is 2.65. The van der Waals surface area contributed by atoms with E-state index in [-0.39, 0.29) is 21.3 Å². The highest BCUT2D eigenvalue weighted by atomic mass is 19.4. The Morgan fingerprint density at radius 2 is 1.59 bits per heavy atom. The van der Waals surface area contributed by atoms with E-state index in [1.54, 1.807) is 5.32 Å². The van der Waals surface area contributed by atoms with Gasteiger partial charge in [-0.1, -0.05) is 0 Å². The lowest BCUT2D eigenvalue weighted by Gasteiger charge is -2.18. The van der Waals surface area contributed by atoms with Gasteiger partial charge in [0.2, 0.25) is 5.91 Å². The number of anilines is 1. The van der Waals surface area contributed by atoms with Crippen molar-refractivity contribution in [1.82, 2.24) is 9.13 Å². The fraction of sp³-hybridized carbons (Fsp3) is 0.333. The van der Waals surface area contributed by atoms with Gasteiger partial charge >= 0.3 is 24.0 Å². The zero-order valence-corrected chi connectivity index (χ0v) is 16.7. The zero-order valence-electron chi connectivity index (χ0n) is 16.7. The van der Waals surface area contributed by atoms with Crippen LogP contribution in [0.1, 0.15) is 18.5 Å². The van der Waals surface area contributed by atoms with Crippen LogP contribution in [-0.4, -0.2) is 32.3 Å². The molecular formula is C18H13F8N3O5. The van der Waals surface area contributed by atoms with Crippen LogP contribution in [0.3, 0.4) is 0 Å². The fourth-order valence-electron chi connectivity index (χ4n) is 2.86. The largest absolute Gasteiger partial charge is 0.481 e. The van der Waals surface area contributed by atoms with Crippen molar-refractivity contribution < 1.29 is 49.8 Å². The Labute approximate surface area is 183 Å². The molecule has 0 radical (unpaired) electrons. The van der Waals surface area contributed by atoms with Crippen molar-refractivity contribution in [2.45, 2.75) is 25.2 Å². The van der Waals surface area contributed by atoms with Crippen LogP contribution >= 0.6 is 0 Å². The van der Waals surface area contributed by atoms with E-state index in [0.29, 0.717) is 13.1 Å². The van der Waals surface area contributed by atoms with Gasteiger partial charge in [-0.05, 0) is 6.07 Å². The predicted molar refractivity (Wildman–Crippen MR) is 97.2 cm³/mol. The van der Waals surface area contributed by atoms with E-state index in [1.807, 2.05) is 0 Å². The number of rotatable bonds is 6. The Kier molecular flexibility index (Phi) is 7.23. The van der Waals surface area contributed by atoms with Crippen LogP contribution in [0.2, 0.25) is 0 Å². The molecular weight excluding hydrogens is 490 g/mol. The summed E-state index contributed by atoms with van der Waals surface area (Å²) < 4.78 is 106. The van der Waals surface area contributed by atoms with Gasteiger partial charge in [0.1, 0.15) is 11.5 Å². The van der Waals surface area contributed by atoms with E-state index in [0.717, 1.165) is 0 Å². The van der Waals surface area contributed by atoms with Crippen molar-refractivity contribution >= 4 is 17.6 Å². The second-order valence-electron chi connectivity index (χ2n) is 6.91. The Morgan fingerprint density at radius 1 is 1.00 bits per heavy atom. The van der Waals surface area contributed by atoms with E-state index in [4.69, 9.17) is 5.11 Å². The molecule has 2 N–H and O–H groups in total. The number of amides is 1. The summed E-state index contributed by atoms with van der Waals surface area (Å²) in [6.45, 7) is 0. The number of hydrogen-bond donors (Lipinski definition) is 2. The fourth-order valence-corrected chi connectivity index (χ4v) is 2.86. The lowest BCUT2D eigenvalue weighted by molar-refractivity contribution is -0.185. The lowest BCUT2D eigenvalue weighted by Crippen LogP contribution is -2.41. The number of halogens is 8. The molecule has 186 valence electrons. The maximum atomic E-state index is 14.3. The Bertz CT molecular complexity index is 1250. The number of hydrogen-bond acceptors (Lipinski definition) is 4. The van der Waals surface area contributed by atoms with Gasteiger partial charge in [0.25, 0.3) is 5.56 Å². The third kappa shape index (κ3) is 5.79. The number of carboxylic acid groups (broad SMARTS) is 1. The number of nitrogens with one attached hydrogen (secondary N) is 1. The minimum Gasteiger partial charge on any atom is -0.481 e. The van der Waals surface area contributed by atoms with Crippen LogP contribution in [0, 0.1) is 17.6 Å². The molecule has 0 bridgehead atoms. The van der Waals surface area contributed by atoms with E-state index in [2.05, 4.69) is 0 Å². The molecule has 0 saturated carbocycles. The lowest BCUT2D eigenvalue weighted by atomic mass is 10.0. The number of aromatic nitrogens is 2. The van der Waals surface area contributed by atoms with Crippen molar-refractivity contribution in [2.75, 3.05) is 5.32 Å². The van der Waals surface area contributed by atoms with Gasteiger partial charge in [-0.2, -0.15) is 26.3 Å². The van der Waals surface area contributed by atoms with E-state index in [1.165, 1.54) is 0 Å². The third-order valence-electron chi connectivity index (χ3n) is 4.48. The molecule has 1 aromatic heterocycles. The van der Waals surface area contributed by atoms with Gasteiger partial charge in [0.15, 0.2) is 5.82 Å². The molecule has 0 aliphatic rings. The van der Waals surface area contributed by atoms with Crippen molar-refractivity contribution in [1.29, 1.82) is 0 Å². The molecule has 34 heavy (non-hydrogen) atoms. The SMILES string of the molecule is Cn1c(C(F)(F)F)cc(=O)n(-c2cc(NC(=O)CC(CC(=O)O)C(F)(F)F)c(F)cc2F)c1=O. The zero-order chi connectivity index (χ0) is 26.2. The molecule has 0 spiro atoms. The first-order valence-electron chi connectivity index (χ1n) is 8.91. The standard InChI is InChI=1S/C18H13F8N3O5/c1-28-12(18(24,25)26)6-14(31)29(16(28)34)11-5-10(8(19)4-9(11)20)27-13(30)2-7(3-15(32)33)17(21,22)23/h4-7H,2-3H2,1H3,(H,27,30)(H,32,33). The summed E-state index contributed by atoms with van der Waals surface area (Å²) in [7, 11) is 0.616. The smallest absolute Gasteiger partial charge is 0.431 e. The minimum absolute atomic E-state index is 0.0347. The molecule has 0 fully saturated rings. The molecule has 1 amide bonds. The molecule has 1 unspecified atom stereocenters. The van der Waals surface area contributed by atoms with Crippen LogP contribution in [0.5, 0.6) is 0 Å². The van der Waals surface area contributed by atoms with Crippen molar-refractivity contribution in [3.8, 4) is 5.69 Å². The third-order valence-corrected chi connectivity index (χ3v) is 4.48. The van der Waals surface area contributed by atoms with Gasteiger partial charge in [-0.3, -0.25) is 19.0 Å². The van der Waals surface area contributed by atoms with Crippen LogP contribution in [-0.2, 0) is 22.8 Å². The number of carbonyl (C=O) groups excluding carboxylic acids is 1. The quantitative estimate of drug-likeness (QED) is 0.590. The summed E-state index contributed by atoms with van der Waals surface area (Å²) in [5.41, 5.74) is -7.16. The van der Waals surface area contributed by atoms with Gasteiger partial charge in [0.05, 0.1) is 23.7 Å². The van der Waals surface area contributed by atoms with Gasteiger partial charge in [-0.25, -0.2) is 18.1 Å². The molecule has 0 saturated heterocycles. The normalized spacial score (nSPS) is 13.0. The summed E-state index contributed by atoms with van der Waals surface area (Å²) in [5.74, 6) is -9.25. The van der Waals surface area contributed by atoms with Gasteiger partial charge < -0.3 is 10.4 Å². The molecule has 1 heterocycles. The first-order valence-corrected chi connectivity index (χ1v) is 8.91. The Morgan fingerprint density at radius 3 is 2.09 bits per heavy atom. The average molecular weight is 503 g/mol. The molecule has 1 aromatic carbocycles. The monoisotopic (exact) mass is 503 g/mol. The van der Waals surface area contributed by atoms with Crippen LogP contribution in [0.25, 0.3) is 5.69 Å². The highest BCUT2D eigenvalue weighted by Crippen LogP contribution is 2.32. The van der Waals surface area contributed by atoms with Crippen molar-refractivity contribution in [3.05, 3.63) is 56.4 Å². The first-order chi connectivity index (χ1) is 15.4. The molecule has 2 aromatic rings. The molecule has 1 atom stereocenters. The topological polar surface area (TPSA) is 110 Å². The second-order valence-corrected chi connectivity index (χ2v) is 6.91. The summed E-state index contributed by atoms with van der Waals surface area (Å²) in [6, 6.07) is 0.313. The maximum Gasteiger partial charge on any atom is 0.431 e. The number of alkyl halides is 6. The molecule has 2 rings (SSSR count). The van der Waals surface area contributed by atoms with E-state index >= 15 is 0 Å². The maximum absolute atomic E-state index is 14.3. The number of carboxylic acids is 1. The molecule has 8 nitrogen and oxygen atoms in total. The Hall–Kier alpha value is -3.72. The minimum atomic E-state index is -5.13. The predicted octanol–water partition coefficient (Wildman–Crippen LogP) is 2.82. The summed E-state index contributed by atoms with van der Waals surface area (Å²) >= 11 is 0. The summed E-state index contributed by atoms with van der Waals surface area (Å²) in [6.07, 6.45) is -13.2. The van der Waals surface area contributed by atoms with E-state index in [9.17, 15) is 54.3 Å². The molecule has 0 aliphatic heterocycles. The van der Waals surface area contributed by atoms with Crippen LogP contribution < -0.4 is 16.6 Å².